The van der Waals surface area contributed by atoms with Gasteiger partial charge in [-0.25, -0.2) is 0 Å². The molecule has 3 heteroatoms. The predicted molar refractivity (Wildman–Crippen MR) is 114 cm³/mol. The third-order valence-corrected chi connectivity index (χ3v) is 5.32. The maximum absolute atomic E-state index is 9.73. The summed E-state index contributed by atoms with van der Waals surface area (Å²) in [5.41, 5.74) is 7.36. The second-order valence-electron chi connectivity index (χ2n) is 8.81. The first-order valence-electron chi connectivity index (χ1n) is 10.1. The van der Waals surface area contributed by atoms with Crippen LogP contribution in [-0.2, 0) is 17.6 Å². The van der Waals surface area contributed by atoms with Gasteiger partial charge in [-0.3, -0.25) is 0 Å². The number of hydrogen-bond donors (Lipinski definition) is 1. The molecular formula is C25H29NO2. The lowest BCUT2D eigenvalue weighted by Gasteiger charge is -2.31. The molecule has 0 saturated carbocycles. The Hall–Kier alpha value is -2.52. The molecule has 0 radical (unpaired) electrons. The molecule has 0 saturated heterocycles. The molecule has 0 bridgehead atoms. The summed E-state index contributed by atoms with van der Waals surface area (Å²) in [6.07, 6.45) is 3.22. The van der Waals surface area contributed by atoms with Crippen molar-refractivity contribution < 1.29 is 9.84 Å². The van der Waals surface area contributed by atoms with E-state index in [1.165, 1.54) is 28.1 Å². The number of ether oxygens (including phenoxy) is 1. The lowest BCUT2D eigenvalue weighted by atomic mass is 9.94. The summed E-state index contributed by atoms with van der Waals surface area (Å²) in [4.78, 5) is 0. The van der Waals surface area contributed by atoms with E-state index in [1.807, 2.05) is 12.1 Å². The van der Waals surface area contributed by atoms with Crippen LogP contribution >= 0.6 is 0 Å². The van der Waals surface area contributed by atoms with Gasteiger partial charge in [-0.2, -0.15) is 0 Å². The minimum Gasteiger partial charge on any atom is -0.508 e. The Kier molecular flexibility index (Phi) is 4.80. The van der Waals surface area contributed by atoms with Gasteiger partial charge in [-0.15, -0.1) is 0 Å². The molecule has 1 N–H and O–H groups in total. The van der Waals surface area contributed by atoms with Crippen LogP contribution in [0.15, 0.2) is 54.6 Å². The van der Waals surface area contributed by atoms with E-state index in [-0.39, 0.29) is 11.7 Å². The monoisotopic (exact) mass is 375 g/mol. The van der Waals surface area contributed by atoms with Gasteiger partial charge in [0.05, 0.1) is 17.4 Å². The SMILES string of the molecule is Cc1ccc(-c2cc3c(n2-c2ccc(O)cc2)CCC(OC(C)(C)C)C3)cc1. The topological polar surface area (TPSA) is 34.4 Å². The highest BCUT2D eigenvalue weighted by Gasteiger charge is 2.28. The molecule has 0 fully saturated rings. The number of hydrogen-bond acceptors (Lipinski definition) is 2. The first-order valence-corrected chi connectivity index (χ1v) is 10.1. The number of aryl methyl sites for hydroxylation is 1. The molecule has 2 aromatic carbocycles. The molecule has 1 heterocycles. The largest absolute Gasteiger partial charge is 0.508 e. The van der Waals surface area contributed by atoms with E-state index < -0.39 is 0 Å². The van der Waals surface area contributed by atoms with Crippen molar-refractivity contribution in [1.82, 2.24) is 4.57 Å². The Morgan fingerprint density at radius 1 is 1.00 bits per heavy atom. The zero-order valence-corrected chi connectivity index (χ0v) is 17.2. The summed E-state index contributed by atoms with van der Waals surface area (Å²) in [7, 11) is 0. The van der Waals surface area contributed by atoms with Crippen LogP contribution in [0, 0.1) is 6.92 Å². The molecule has 1 aromatic heterocycles. The zero-order chi connectivity index (χ0) is 19.9. The van der Waals surface area contributed by atoms with Gasteiger partial charge in [0.25, 0.3) is 0 Å². The fourth-order valence-electron chi connectivity index (χ4n) is 4.13. The van der Waals surface area contributed by atoms with Crippen molar-refractivity contribution in [3.63, 3.8) is 0 Å². The van der Waals surface area contributed by atoms with Crippen molar-refractivity contribution in [3.8, 4) is 22.7 Å². The van der Waals surface area contributed by atoms with E-state index in [1.54, 1.807) is 12.1 Å². The van der Waals surface area contributed by atoms with Crippen LogP contribution in [0.25, 0.3) is 16.9 Å². The van der Waals surface area contributed by atoms with E-state index >= 15 is 0 Å². The summed E-state index contributed by atoms with van der Waals surface area (Å²) in [6, 6.07) is 18.5. The molecule has 146 valence electrons. The smallest absolute Gasteiger partial charge is 0.115 e. The van der Waals surface area contributed by atoms with Gasteiger partial charge >= 0.3 is 0 Å². The van der Waals surface area contributed by atoms with Gasteiger partial charge in [-0.1, -0.05) is 29.8 Å². The van der Waals surface area contributed by atoms with E-state index in [4.69, 9.17) is 4.74 Å². The summed E-state index contributed by atoms with van der Waals surface area (Å²) >= 11 is 0. The van der Waals surface area contributed by atoms with Crippen LogP contribution in [0.5, 0.6) is 5.75 Å². The van der Waals surface area contributed by atoms with E-state index in [0.717, 1.165) is 24.9 Å². The molecule has 28 heavy (non-hydrogen) atoms. The Morgan fingerprint density at radius 3 is 2.32 bits per heavy atom. The summed E-state index contributed by atoms with van der Waals surface area (Å²) in [5.74, 6) is 0.292. The number of aromatic nitrogens is 1. The fourth-order valence-corrected chi connectivity index (χ4v) is 4.13. The number of rotatable bonds is 3. The predicted octanol–water partition coefficient (Wildman–Crippen LogP) is 5.83. The van der Waals surface area contributed by atoms with E-state index in [0.29, 0.717) is 5.75 Å². The van der Waals surface area contributed by atoms with E-state index in [2.05, 4.69) is 62.6 Å². The lowest BCUT2D eigenvalue weighted by Crippen LogP contribution is -2.31. The first kappa shape index (κ1) is 18.8. The van der Waals surface area contributed by atoms with Crippen molar-refractivity contribution in [1.29, 1.82) is 0 Å². The highest BCUT2D eigenvalue weighted by molar-refractivity contribution is 5.66. The Labute approximate surface area is 167 Å². The maximum Gasteiger partial charge on any atom is 0.115 e. The number of phenols is 1. The summed E-state index contributed by atoms with van der Waals surface area (Å²) in [5, 5.41) is 9.73. The summed E-state index contributed by atoms with van der Waals surface area (Å²) in [6.45, 7) is 8.49. The maximum atomic E-state index is 9.73. The van der Waals surface area contributed by atoms with Crippen LogP contribution < -0.4 is 0 Å². The fraction of sp³-hybridized carbons (Fsp3) is 0.360. The molecule has 1 atom stereocenters. The van der Waals surface area contributed by atoms with Crippen LogP contribution in [0.2, 0.25) is 0 Å². The molecule has 1 unspecified atom stereocenters. The van der Waals surface area contributed by atoms with E-state index in [9.17, 15) is 5.11 Å². The third-order valence-electron chi connectivity index (χ3n) is 5.32. The molecule has 3 nitrogen and oxygen atoms in total. The van der Waals surface area contributed by atoms with Gasteiger partial charge in [0.15, 0.2) is 0 Å². The van der Waals surface area contributed by atoms with Gasteiger partial charge in [-0.05, 0) is 82.0 Å². The summed E-state index contributed by atoms with van der Waals surface area (Å²) < 4.78 is 8.64. The van der Waals surface area contributed by atoms with Crippen molar-refractivity contribution in [2.75, 3.05) is 0 Å². The van der Waals surface area contributed by atoms with Crippen molar-refractivity contribution in [2.45, 2.75) is 58.7 Å². The number of fused-ring (bicyclic) bond motifs is 1. The van der Waals surface area contributed by atoms with Crippen molar-refractivity contribution in [3.05, 3.63) is 71.4 Å². The van der Waals surface area contributed by atoms with Gasteiger partial charge in [0.1, 0.15) is 5.75 Å². The Morgan fingerprint density at radius 2 is 1.68 bits per heavy atom. The van der Waals surface area contributed by atoms with Crippen LogP contribution in [0.1, 0.15) is 44.0 Å². The Balaban J connectivity index is 1.80. The van der Waals surface area contributed by atoms with Crippen LogP contribution in [0.3, 0.4) is 0 Å². The first-order chi connectivity index (χ1) is 13.3. The quantitative estimate of drug-likeness (QED) is 0.625. The van der Waals surface area contributed by atoms with Crippen molar-refractivity contribution >= 4 is 0 Å². The molecule has 0 spiro atoms. The molecule has 1 aliphatic rings. The lowest BCUT2D eigenvalue weighted by molar-refractivity contribution is -0.0645. The second kappa shape index (κ2) is 7.14. The molecule has 0 aliphatic heterocycles. The van der Waals surface area contributed by atoms with Gasteiger partial charge in [0.2, 0.25) is 0 Å². The average Bonchev–Trinajstić information content (AvgIpc) is 3.00. The number of nitrogens with zero attached hydrogens (tertiary/aromatic N) is 1. The molecule has 3 aromatic rings. The van der Waals surface area contributed by atoms with Crippen molar-refractivity contribution in [2.24, 2.45) is 0 Å². The van der Waals surface area contributed by atoms with Crippen LogP contribution in [0.4, 0.5) is 0 Å². The number of aromatic hydroxyl groups is 1. The van der Waals surface area contributed by atoms with Gasteiger partial charge in [0, 0.05) is 17.8 Å². The average molecular weight is 376 g/mol. The molecule has 0 amide bonds. The molecule has 1 aliphatic carbocycles. The Bertz CT molecular complexity index is 960. The highest BCUT2D eigenvalue weighted by atomic mass is 16.5. The minimum absolute atomic E-state index is 0.124. The van der Waals surface area contributed by atoms with Crippen LogP contribution in [-0.4, -0.2) is 21.4 Å². The standard InChI is InChI=1S/C25H29NO2/c1-17-5-7-18(8-6-17)24-16-19-15-22(28-25(2,3)4)13-14-23(19)26(24)20-9-11-21(27)12-10-20/h5-12,16,22,27H,13-15H2,1-4H3. The minimum atomic E-state index is -0.124. The van der Waals surface area contributed by atoms with Gasteiger partial charge < -0.3 is 14.4 Å². The molecule has 4 rings (SSSR count). The zero-order valence-electron chi connectivity index (χ0n) is 17.2. The number of benzene rings is 2. The second-order valence-corrected chi connectivity index (χ2v) is 8.81. The third kappa shape index (κ3) is 3.85. The number of phenolic OH excluding ortho intramolecular Hbond substituents is 1. The molecular weight excluding hydrogens is 346 g/mol. The normalized spacial score (nSPS) is 16.8. The highest BCUT2D eigenvalue weighted by Crippen LogP contribution is 2.35.